The van der Waals surface area contributed by atoms with Crippen molar-refractivity contribution in [3.05, 3.63) is 51.8 Å². The molecule has 0 unspecified atom stereocenters. The number of piperidine rings is 1. The Morgan fingerprint density at radius 3 is 2.85 bits per heavy atom. The molecule has 0 N–H and O–H groups in total. The second-order valence-corrected chi connectivity index (χ2v) is 7.79. The van der Waals surface area contributed by atoms with Gasteiger partial charge in [0.15, 0.2) is 5.82 Å². The van der Waals surface area contributed by atoms with Gasteiger partial charge in [-0.05, 0) is 56.6 Å². The lowest BCUT2D eigenvalue weighted by atomic mass is 9.97. The predicted molar refractivity (Wildman–Crippen MR) is 103 cm³/mol. The Balaban J connectivity index is 1.30. The first-order valence-electron chi connectivity index (χ1n) is 9.83. The Morgan fingerprint density at radius 2 is 2.00 bits per heavy atom. The van der Waals surface area contributed by atoms with Crippen LogP contribution in [0.15, 0.2) is 29.3 Å². The third kappa shape index (κ3) is 3.01. The fourth-order valence-electron chi connectivity index (χ4n) is 4.42. The van der Waals surface area contributed by atoms with Crippen LogP contribution < -0.4 is 10.5 Å². The van der Waals surface area contributed by atoms with Crippen LogP contribution in [0.3, 0.4) is 0 Å². The van der Waals surface area contributed by atoms with E-state index in [1.54, 1.807) is 10.7 Å². The summed E-state index contributed by atoms with van der Waals surface area (Å²) in [5.41, 5.74) is 4.39. The summed E-state index contributed by atoms with van der Waals surface area (Å²) in [4.78, 5) is 19.3. The fourth-order valence-corrected chi connectivity index (χ4v) is 4.42. The van der Waals surface area contributed by atoms with E-state index in [-0.39, 0.29) is 5.56 Å². The topological polar surface area (TPSA) is 68.3 Å². The van der Waals surface area contributed by atoms with Crippen LogP contribution in [0.2, 0.25) is 0 Å². The summed E-state index contributed by atoms with van der Waals surface area (Å²) in [6, 6.07) is 3.89. The smallest absolute Gasteiger partial charge is 0.267 e. The van der Waals surface area contributed by atoms with Crippen LogP contribution in [-0.2, 0) is 19.4 Å². The van der Waals surface area contributed by atoms with Gasteiger partial charge in [0, 0.05) is 38.1 Å². The molecule has 7 nitrogen and oxygen atoms in total. The maximum absolute atomic E-state index is 12.4. The first kappa shape index (κ1) is 16.5. The molecular formula is C20H24N6O. The molecule has 0 aromatic carbocycles. The van der Waals surface area contributed by atoms with Crippen LogP contribution in [0.5, 0.6) is 0 Å². The van der Waals surface area contributed by atoms with Gasteiger partial charge in [0.1, 0.15) is 5.52 Å². The van der Waals surface area contributed by atoms with E-state index in [0.717, 1.165) is 80.0 Å². The van der Waals surface area contributed by atoms with Crippen LogP contribution >= 0.6 is 0 Å². The SMILES string of the molecule is Cc1cc2c(N3CCC(Cn4nc5c(cc4=O)CCC5)CC3)nccn2n1. The van der Waals surface area contributed by atoms with E-state index < -0.39 is 0 Å². The number of rotatable bonds is 3. The zero-order valence-corrected chi connectivity index (χ0v) is 15.6. The van der Waals surface area contributed by atoms with Crippen LogP contribution in [0.4, 0.5) is 5.82 Å². The Morgan fingerprint density at radius 1 is 1.15 bits per heavy atom. The van der Waals surface area contributed by atoms with E-state index >= 15 is 0 Å². The van der Waals surface area contributed by atoms with Crippen molar-refractivity contribution in [2.24, 2.45) is 5.92 Å². The Hall–Kier alpha value is -2.70. The first-order valence-corrected chi connectivity index (χ1v) is 9.83. The van der Waals surface area contributed by atoms with Gasteiger partial charge in [-0.1, -0.05) is 0 Å². The number of fused-ring (bicyclic) bond motifs is 2. The zero-order chi connectivity index (χ0) is 18.4. The lowest BCUT2D eigenvalue weighted by molar-refractivity contribution is 0.333. The molecule has 1 fully saturated rings. The summed E-state index contributed by atoms with van der Waals surface area (Å²) < 4.78 is 3.60. The molecular weight excluding hydrogens is 340 g/mol. The van der Waals surface area contributed by atoms with Gasteiger partial charge < -0.3 is 4.90 Å². The summed E-state index contributed by atoms with van der Waals surface area (Å²) in [5, 5.41) is 9.12. The Kier molecular flexibility index (Phi) is 3.95. The zero-order valence-electron chi connectivity index (χ0n) is 15.6. The molecule has 0 atom stereocenters. The highest BCUT2D eigenvalue weighted by atomic mass is 16.1. The molecule has 4 heterocycles. The van der Waals surface area contributed by atoms with E-state index in [2.05, 4.69) is 26.1 Å². The molecule has 0 radical (unpaired) electrons. The van der Waals surface area contributed by atoms with Crippen molar-refractivity contribution in [2.45, 2.75) is 45.6 Å². The van der Waals surface area contributed by atoms with E-state index in [0.29, 0.717) is 5.92 Å². The third-order valence-electron chi connectivity index (χ3n) is 5.86. The molecule has 0 amide bonds. The van der Waals surface area contributed by atoms with Gasteiger partial charge >= 0.3 is 0 Å². The van der Waals surface area contributed by atoms with Crippen molar-refractivity contribution in [1.29, 1.82) is 0 Å². The van der Waals surface area contributed by atoms with Gasteiger partial charge in [-0.25, -0.2) is 14.2 Å². The maximum atomic E-state index is 12.4. The minimum Gasteiger partial charge on any atom is -0.355 e. The van der Waals surface area contributed by atoms with E-state index in [1.165, 1.54) is 0 Å². The summed E-state index contributed by atoms with van der Waals surface area (Å²) in [5.74, 6) is 1.49. The van der Waals surface area contributed by atoms with Crippen molar-refractivity contribution in [3.63, 3.8) is 0 Å². The normalized spacial score (nSPS) is 17.6. The minimum absolute atomic E-state index is 0.0549. The standard InChI is InChI=1S/C20H24N6O/c1-14-11-18-20(21-7-10-25(18)22-14)24-8-5-15(6-9-24)13-26-19(27)12-16-3-2-4-17(16)23-26/h7,10-12,15H,2-6,8-9,13H2,1H3. The van der Waals surface area contributed by atoms with Crippen molar-refractivity contribution < 1.29 is 0 Å². The molecule has 5 rings (SSSR count). The molecule has 3 aromatic rings. The molecule has 140 valence electrons. The second kappa shape index (κ2) is 6.48. The number of hydrogen-bond acceptors (Lipinski definition) is 5. The number of nitrogens with zero attached hydrogens (tertiary/aromatic N) is 6. The van der Waals surface area contributed by atoms with Gasteiger partial charge in [0.05, 0.1) is 11.4 Å². The van der Waals surface area contributed by atoms with Gasteiger partial charge in [-0.2, -0.15) is 10.2 Å². The molecule has 7 heteroatoms. The summed E-state index contributed by atoms with van der Waals surface area (Å²) in [6.07, 6.45) is 8.93. The molecule has 27 heavy (non-hydrogen) atoms. The van der Waals surface area contributed by atoms with Gasteiger partial charge in [0.2, 0.25) is 0 Å². The number of aryl methyl sites for hydroxylation is 3. The van der Waals surface area contributed by atoms with Crippen molar-refractivity contribution in [2.75, 3.05) is 18.0 Å². The fraction of sp³-hybridized carbons (Fsp3) is 0.500. The van der Waals surface area contributed by atoms with Crippen LogP contribution in [0.25, 0.3) is 5.52 Å². The van der Waals surface area contributed by atoms with E-state index in [9.17, 15) is 4.79 Å². The minimum atomic E-state index is 0.0549. The van der Waals surface area contributed by atoms with Gasteiger partial charge in [-0.3, -0.25) is 4.79 Å². The maximum Gasteiger partial charge on any atom is 0.267 e. The van der Waals surface area contributed by atoms with Crippen LogP contribution in [0, 0.1) is 12.8 Å². The lowest BCUT2D eigenvalue weighted by Gasteiger charge is -2.33. The lowest BCUT2D eigenvalue weighted by Crippen LogP contribution is -2.37. The van der Waals surface area contributed by atoms with E-state index in [4.69, 9.17) is 0 Å². The Bertz CT molecular complexity index is 1040. The average Bonchev–Trinajstić information content (AvgIpc) is 3.27. The summed E-state index contributed by atoms with van der Waals surface area (Å²) in [7, 11) is 0. The molecule has 2 aliphatic rings. The third-order valence-corrected chi connectivity index (χ3v) is 5.86. The van der Waals surface area contributed by atoms with Crippen molar-refractivity contribution >= 4 is 11.3 Å². The van der Waals surface area contributed by atoms with Gasteiger partial charge in [-0.15, -0.1) is 0 Å². The first-order chi connectivity index (χ1) is 13.2. The quantitative estimate of drug-likeness (QED) is 0.711. The summed E-state index contributed by atoms with van der Waals surface area (Å²) >= 11 is 0. The average molecular weight is 364 g/mol. The molecule has 1 aliphatic carbocycles. The molecule has 0 saturated carbocycles. The highest BCUT2D eigenvalue weighted by Crippen LogP contribution is 2.26. The molecule has 0 bridgehead atoms. The molecule has 0 spiro atoms. The number of hydrogen-bond donors (Lipinski definition) is 0. The number of aromatic nitrogens is 5. The van der Waals surface area contributed by atoms with Gasteiger partial charge in [0.25, 0.3) is 5.56 Å². The molecule has 3 aromatic heterocycles. The van der Waals surface area contributed by atoms with E-state index in [1.807, 2.05) is 23.8 Å². The molecule has 1 saturated heterocycles. The highest BCUT2D eigenvalue weighted by Gasteiger charge is 2.24. The molecule has 1 aliphatic heterocycles. The predicted octanol–water partition coefficient (Wildman–Crippen LogP) is 2.00. The van der Waals surface area contributed by atoms with Crippen LogP contribution in [-0.4, -0.2) is 37.5 Å². The second-order valence-electron chi connectivity index (χ2n) is 7.79. The Labute approximate surface area is 157 Å². The highest BCUT2D eigenvalue weighted by molar-refractivity contribution is 5.69. The largest absolute Gasteiger partial charge is 0.355 e. The van der Waals surface area contributed by atoms with Crippen LogP contribution in [0.1, 0.15) is 36.2 Å². The summed E-state index contributed by atoms with van der Waals surface area (Å²) in [6.45, 7) is 4.62. The van der Waals surface area contributed by atoms with Crippen molar-refractivity contribution in [3.8, 4) is 0 Å². The van der Waals surface area contributed by atoms with Crippen molar-refractivity contribution in [1.82, 2.24) is 24.4 Å². The number of anilines is 1. The monoisotopic (exact) mass is 364 g/mol.